The summed E-state index contributed by atoms with van der Waals surface area (Å²) < 4.78 is 6.40. The number of hydrogen-bond acceptors (Lipinski definition) is 8. The van der Waals surface area contributed by atoms with Crippen LogP contribution in [0.25, 0.3) is 10.8 Å². The van der Waals surface area contributed by atoms with Gasteiger partial charge in [0, 0.05) is 48.6 Å². The molecule has 9 nitrogen and oxygen atoms in total. The Bertz CT molecular complexity index is 1580. The van der Waals surface area contributed by atoms with Gasteiger partial charge in [-0.3, -0.25) is 9.69 Å². The van der Waals surface area contributed by atoms with Gasteiger partial charge in [-0.15, -0.1) is 0 Å². The predicted octanol–water partition coefficient (Wildman–Crippen LogP) is 4.38. The Morgan fingerprint density at radius 2 is 2.02 bits per heavy atom. The number of likely N-dealkylation sites (N-methyl/N-ethyl adjacent to an activating group) is 1. The van der Waals surface area contributed by atoms with E-state index in [9.17, 15) is 10.1 Å². The van der Waals surface area contributed by atoms with E-state index in [-0.39, 0.29) is 23.4 Å². The first-order chi connectivity index (χ1) is 20.8. The molecule has 2 saturated heterocycles. The van der Waals surface area contributed by atoms with Gasteiger partial charge in [0.1, 0.15) is 12.4 Å². The van der Waals surface area contributed by atoms with Crippen LogP contribution in [0.15, 0.2) is 49.1 Å². The summed E-state index contributed by atoms with van der Waals surface area (Å²) in [5, 5.41) is 15.1. The van der Waals surface area contributed by atoms with Crippen molar-refractivity contribution in [3.05, 3.63) is 65.9 Å². The van der Waals surface area contributed by atoms with Crippen LogP contribution in [0.2, 0.25) is 0 Å². The third-order valence-corrected chi connectivity index (χ3v) is 9.70. The Morgan fingerprint density at radius 1 is 1.21 bits per heavy atom. The van der Waals surface area contributed by atoms with Crippen LogP contribution in [0.4, 0.5) is 11.5 Å². The highest BCUT2D eigenvalue weighted by Gasteiger charge is 2.38. The first-order valence-corrected chi connectivity index (χ1v) is 15.3. The molecule has 4 heterocycles. The minimum atomic E-state index is -0.224. The number of nitriles is 1. The van der Waals surface area contributed by atoms with E-state index in [2.05, 4.69) is 90.0 Å². The van der Waals surface area contributed by atoms with E-state index in [0.29, 0.717) is 38.7 Å². The lowest BCUT2D eigenvalue weighted by Crippen LogP contribution is -2.43. The number of nitrogens with zero attached hydrogens (tertiary/aromatic N) is 6. The molecule has 3 atom stereocenters. The molecule has 9 heteroatoms. The molecular formula is C34H41N7O2. The lowest BCUT2D eigenvalue weighted by Gasteiger charge is -2.34. The largest absolute Gasteiger partial charge is 0.461 e. The van der Waals surface area contributed by atoms with Crippen LogP contribution in [0.5, 0.6) is 6.01 Å². The quantitative estimate of drug-likeness (QED) is 0.393. The van der Waals surface area contributed by atoms with Crippen LogP contribution in [0.1, 0.15) is 43.0 Å². The number of carbonyl (C=O) groups excluding carboxylic acids is 1. The summed E-state index contributed by atoms with van der Waals surface area (Å²) in [6.45, 7) is 12.3. The van der Waals surface area contributed by atoms with Crippen molar-refractivity contribution in [2.75, 3.05) is 49.6 Å². The zero-order valence-corrected chi connectivity index (χ0v) is 25.5. The Morgan fingerprint density at radius 3 is 2.77 bits per heavy atom. The SMILES string of the molecule is C=CC(=O)NC1CN(c2nc(OCC3(C)CCCN3C)nc3c2CCN(c2cccc4cccc(C)c24)C3)C[C@@H]1CC#N. The number of anilines is 2. The Kier molecular flexibility index (Phi) is 7.97. The van der Waals surface area contributed by atoms with E-state index in [1.807, 2.05) is 0 Å². The Balaban J connectivity index is 1.35. The van der Waals surface area contributed by atoms with Gasteiger partial charge in [-0.25, -0.2) is 0 Å². The molecule has 3 aliphatic rings. The van der Waals surface area contributed by atoms with E-state index < -0.39 is 0 Å². The first-order valence-electron chi connectivity index (χ1n) is 15.3. The van der Waals surface area contributed by atoms with E-state index in [0.717, 1.165) is 49.4 Å². The third kappa shape index (κ3) is 5.64. The van der Waals surface area contributed by atoms with Crippen molar-refractivity contribution < 1.29 is 9.53 Å². The Hall–Kier alpha value is -4.16. The van der Waals surface area contributed by atoms with E-state index in [1.165, 1.54) is 28.1 Å². The molecule has 1 aromatic heterocycles. The number of likely N-dealkylation sites (tertiary alicyclic amines) is 1. The minimum Gasteiger partial charge on any atom is -0.461 e. The number of fused-ring (bicyclic) bond motifs is 2. The fourth-order valence-corrected chi connectivity index (χ4v) is 7.02. The van der Waals surface area contributed by atoms with Crippen molar-refractivity contribution in [2.45, 2.75) is 57.7 Å². The summed E-state index contributed by atoms with van der Waals surface area (Å²) in [5.41, 5.74) is 4.51. The number of nitrogens with one attached hydrogen (secondary N) is 1. The highest BCUT2D eigenvalue weighted by molar-refractivity contribution is 5.97. The monoisotopic (exact) mass is 579 g/mol. The van der Waals surface area contributed by atoms with Crippen LogP contribution >= 0.6 is 0 Å². The number of carbonyl (C=O) groups is 1. The normalized spacial score (nSPS) is 23.7. The molecule has 3 aliphatic heterocycles. The number of aryl methyl sites for hydroxylation is 1. The maximum Gasteiger partial charge on any atom is 0.318 e. The fraction of sp³-hybridized carbons (Fsp3) is 0.471. The minimum absolute atomic E-state index is 0.00585. The van der Waals surface area contributed by atoms with Crippen LogP contribution in [-0.2, 0) is 17.8 Å². The maximum atomic E-state index is 12.2. The summed E-state index contributed by atoms with van der Waals surface area (Å²) in [6.07, 6.45) is 4.65. The molecular weight excluding hydrogens is 538 g/mol. The van der Waals surface area contributed by atoms with Gasteiger partial charge < -0.3 is 19.9 Å². The standard InChI is InChI=1S/C34H41N7O2/c1-5-30(42)36-27-20-41(19-25(27)13-16-35)32-26-14-18-40(29-12-7-11-24-10-6-9-23(2)31(24)29)21-28(26)37-33(38-32)43-22-34(3)15-8-17-39(34)4/h5-7,9-12,25,27H,1,8,13-15,17-22H2,2-4H3,(H,36,42)/t25-,27?,34?/m0/s1. The molecule has 224 valence electrons. The molecule has 2 unspecified atom stereocenters. The summed E-state index contributed by atoms with van der Waals surface area (Å²) in [7, 11) is 2.15. The number of amides is 1. The Labute approximate surface area is 254 Å². The molecule has 0 spiro atoms. The molecule has 0 bridgehead atoms. The third-order valence-electron chi connectivity index (χ3n) is 9.70. The van der Waals surface area contributed by atoms with Crippen LogP contribution in [0.3, 0.4) is 0 Å². The second kappa shape index (κ2) is 11.8. The summed E-state index contributed by atoms with van der Waals surface area (Å²) in [5.74, 6) is 0.629. The second-order valence-electron chi connectivity index (χ2n) is 12.5. The number of benzene rings is 2. The van der Waals surface area contributed by atoms with Gasteiger partial charge in [-0.05, 0) is 69.8 Å². The second-order valence-corrected chi connectivity index (χ2v) is 12.5. The van der Waals surface area contributed by atoms with Crippen molar-refractivity contribution in [3.63, 3.8) is 0 Å². The van der Waals surface area contributed by atoms with Gasteiger partial charge in [0.05, 0.1) is 29.9 Å². The average molecular weight is 580 g/mol. The lowest BCUT2D eigenvalue weighted by atomic mass is 9.99. The summed E-state index contributed by atoms with van der Waals surface area (Å²) in [6, 6.07) is 15.5. The smallest absolute Gasteiger partial charge is 0.318 e. The van der Waals surface area contributed by atoms with Crippen molar-refractivity contribution in [1.82, 2.24) is 20.2 Å². The van der Waals surface area contributed by atoms with Gasteiger partial charge >= 0.3 is 6.01 Å². The highest BCUT2D eigenvalue weighted by atomic mass is 16.5. The number of rotatable bonds is 8. The molecule has 0 aliphatic carbocycles. The van der Waals surface area contributed by atoms with Crippen LogP contribution in [-0.4, -0.2) is 72.2 Å². The van der Waals surface area contributed by atoms with E-state index >= 15 is 0 Å². The molecule has 2 fully saturated rings. The highest BCUT2D eigenvalue weighted by Crippen LogP contribution is 2.37. The van der Waals surface area contributed by atoms with Crippen molar-refractivity contribution in [1.29, 1.82) is 5.26 Å². The molecule has 3 aromatic rings. The zero-order valence-electron chi connectivity index (χ0n) is 25.5. The van der Waals surface area contributed by atoms with E-state index in [4.69, 9.17) is 14.7 Å². The molecule has 0 saturated carbocycles. The number of ether oxygens (including phenoxy) is 1. The van der Waals surface area contributed by atoms with Crippen molar-refractivity contribution in [2.24, 2.45) is 5.92 Å². The van der Waals surface area contributed by atoms with Crippen LogP contribution in [0, 0.1) is 24.2 Å². The first kappa shape index (κ1) is 28.9. The summed E-state index contributed by atoms with van der Waals surface area (Å²) >= 11 is 0. The van der Waals surface area contributed by atoms with Gasteiger partial charge in [0.2, 0.25) is 5.91 Å². The van der Waals surface area contributed by atoms with Gasteiger partial charge in [-0.1, -0.05) is 36.9 Å². The van der Waals surface area contributed by atoms with Gasteiger partial charge in [-0.2, -0.15) is 15.2 Å². The lowest BCUT2D eigenvalue weighted by molar-refractivity contribution is -0.117. The van der Waals surface area contributed by atoms with Crippen LogP contribution < -0.4 is 19.9 Å². The van der Waals surface area contributed by atoms with Crippen molar-refractivity contribution >= 4 is 28.2 Å². The topological polar surface area (TPSA) is 97.6 Å². The molecule has 0 radical (unpaired) electrons. The van der Waals surface area contributed by atoms with Gasteiger partial charge in [0.15, 0.2) is 0 Å². The molecule has 2 aromatic carbocycles. The fourth-order valence-electron chi connectivity index (χ4n) is 7.02. The maximum absolute atomic E-state index is 12.2. The van der Waals surface area contributed by atoms with Gasteiger partial charge in [0.25, 0.3) is 0 Å². The summed E-state index contributed by atoms with van der Waals surface area (Å²) in [4.78, 5) is 29.2. The molecule has 1 amide bonds. The van der Waals surface area contributed by atoms with E-state index in [1.54, 1.807) is 0 Å². The molecule has 6 rings (SSSR count). The molecule has 43 heavy (non-hydrogen) atoms. The number of aromatic nitrogens is 2. The molecule has 1 N–H and O–H groups in total. The zero-order chi connectivity index (χ0) is 30.1. The number of hydrogen-bond donors (Lipinski definition) is 1. The average Bonchev–Trinajstić information content (AvgIpc) is 3.56. The van der Waals surface area contributed by atoms with Crippen molar-refractivity contribution in [3.8, 4) is 12.1 Å². The predicted molar refractivity (Wildman–Crippen MR) is 169 cm³/mol.